The zero-order valence-corrected chi connectivity index (χ0v) is 14.6. The van der Waals surface area contributed by atoms with Crippen LogP contribution in [-0.2, 0) is 13.1 Å². The third-order valence-corrected chi connectivity index (χ3v) is 4.76. The number of rotatable bonds is 6. The molecule has 1 aromatic carbocycles. The summed E-state index contributed by atoms with van der Waals surface area (Å²) in [6.07, 6.45) is 2.49. The lowest BCUT2D eigenvalue weighted by Crippen LogP contribution is -2.23. The molecule has 0 atom stereocenters. The summed E-state index contributed by atoms with van der Waals surface area (Å²) in [6, 6.07) is 6.79. The molecule has 2 rings (SSSR count). The lowest BCUT2D eigenvalue weighted by atomic mass is 9.93. The molecule has 1 aromatic rings. The molecule has 0 amide bonds. The van der Waals surface area contributed by atoms with Crippen LogP contribution in [0.3, 0.4) is 0 Å². The molecule has 1 N–H and O–H groups in total. The first-order valence-electron chi connectivity index (χ1n) is 7.70. The Bertz CT molecular complexity index is 443. The third-order valence-electron chi connectivity index (χ3n) is 4.02. The van der Waals surface area contributed by atoms with Gasteiger partial charge in [0.05, 0.1) is 0 Å². The van der Waals surface area contributed by atoms with Gasteiger partial charge in [-0.05, 0) is 48.5 Å². The third kappa shape index (κ3) is 4.57. The topological polar surface area (TPSA) is 15.3 Å². The number of nitrogens with one attached hydrogen (secondary N) is 1. The summed E-state index contributed by atoms with van der Waals surface area (Å²) >= 11 is 3.74. The van der Waals surface area contributed by atoms with E-state index in [0.29, 0.717) is 5.41 Å². The van der Waals surface area contributed by atoms with Crippen LogP contribution in [0.15, 0.2) is 22.7 Å². The largest absolute Gasteiger partial charge is 0.313 e. The van der Waals surface area contributed by atoms with Gasteiger partial charge >= 0.3 is 0 Å². The fraction of sp³-hybridized carbons (Fsp3) is 0.647. The van der Waals surface area contributed by atoms with E-state index in [2.05, 4.69) is 65.1 Å². The lowest BCUT2D eigenvalue weighted by Gasteiger charge is -2.20. The van der Waals surface area contributed by atoms with Crippen molar-refractivity contribution in [3.8, 4) is 0 Å². The van der Waals surface area contributed by atoms with E-state index in [-0.39, 0.29) is 0 Å². The molecule has 0 aromatic heterocycles. The molecule has 20 heavy (non-hydrogen) atoms. The van der Waals surface area contributed by atoms with Gasteiger partial charge in [-0.3, -0.25) is 4.90 Å². The molecule has 1 aliphatic rings. The van der Waals surface area contributed by atoms with E-state index in [1.54, 1.807) is 0 Å². The molecule has 112 valence electrons. The van der Waals surface area contributed by atoms with Crippen LogP contribution in [-0.4, -0.2) is 24.5 Å². The Balaban J connectivity index is 1.92. The minimum Gasteiger partial charge on any atom is -0.313 e. The Hall–Kier alpha value is -0.380. The van der Waals surface area contributed by atoms with Crippen molar-refractivity contribution in [3.05, 3.63) is 33.8 Å². The standard InChI is InChI=1S/C17H27BrN2/c1-4-8-19-11-14-5-6-15(16(18)10-14)12-20-9-7-17(2,3)13-20/h5-6,10,19H,4,7-9,11-13H2,1-3H3. The van der Waals surface area contributed by atoms with Gasteiger partial charge in [-0.15, -0.1) is 0 Å². The predicted molar refractivity (Wildman–Crippen MR) is 89.8 cm³/mol. The zero-order chi connectivity index (χ0) is 14.6. The maximum atomic E-state index is 3.74. The number of likely N-dealkylation sites (tertiary alicyclic amines) is 1. The second kappa shape index (κ2) is 7.06. The van der Waals surface area contributed by atoms with Crippen molar-refractivity contribution in [1.82, 2.24) is 10.2 Å². The van der Waals surface area contributed by atoms with Crippen LogP contribution < -0.4 is 5.32 Å². The molecule has 1 fully saturated rings. The van der Waals surface area contributed by atoms with Crippen LogP contribution in [0.5, 0.6) is 0 Å². The molecule has 0 spiro atoms. The molecule has 3 heteroatoms. The van der Waals surface area contributed by atoms with Crippen molar-refractivity contribution in [2.45, 2.75) is 46.7 Å². The van der Waals surface area contributed by atoms with Crippen molar-refractivity contribution >= 4 is 15.9 Å². The van der Waals surface area contributed by atoms with Gasteiger partial charge in [0.15, 0.2) is 0 Å². The second-order valence-corrected chi connectivity index (χ2v) is 7.58. The lowest BCUT2D eigenvalue weighted by molar-refractivity contribution is 0.284. The monoisotopic (exact) mass is 338 g/mol. The molecule has 1 saturated heterocycles. The van der Waals surface area contributed by atoms with Crippen molar-refractivity contribution < 1.29 is 0 Å². The first-order chi connectivity index (χ1) is 9.50. The molecule has 0 aliphatic carbocycles. The normalized spacial score (nSPS) is 18.6. The molecular weight excluding hydrogens is 312 g/mol. The van der Waals surface area contributed by atoms with Gasteiger partial charge in [0.25, 0.3) is 0 Å². The summed E-state index contributed by atoms with van der Waals surface area (Å²) in [6.45, 7) is 12.5. The Labute approximate surface area is 132 Å². The van der Waals surface area contributed by atoms with Crippen LogP contribution in [0.2, 0.25) is 0 Å². The average molecular weight is 339 g/mol. The van der Waals surface area contributed by atoms with E-state index in [0.717, 1.165) is 19.6 Å². The van der Waals surface area contributed by atoms with Gasteiger partial charge in [-0.1, -0.05) is 48.8 Å². The smallest absolute Gasteiger partial charge is 0.0245 e. The van der Waals surface area contributed by atoms with Crippen molar-refractivity contribution in [2.24, 2.45) is 5.41 Å². The highest BCUT2D eigenvalue weighted by atomic mass is 79.9. The van der Waals surface area contributed by atoms with Gasteiger partial charge < -0.3 is 5.32 Å². The predicted octanol–water partition coefficient (Wildman–Crippen LogP) is 4.18. The van der Waals surface area contributed by atoms with Gasteiger partial charge in [-0.2, -0.15) is 0 Å². The highest BCUT2D eigenvalue weighted by Crippen LogP contribution is 2.31. The molecule has 1 heterocycles. The number of hydrogen-bond acceptors (Lipinski definition) is 2. The fourth-order valence-corrected chi connectivity index (χ4v) is 3.39. The van der Waals surface area contributed by atoms with Crippen LogP contribution in [0.4, 0.5) is 0 Å². The van der Waals surface area contributed by atoms with E-state index < -0.39 is 0 Å². The van der Waals surface area contributed by atoms with Crippen LogP contribution in [0.25, 0.3) is 0 Å². The van der Waals surface area contributed by atoms with E-state index in [9.17, 15) is 0 Å². The SMILES string of the molecule is CCCNCc1ccc(CN2CCC(C)(C)C2)c(Br)c1. The Morgan fingerprint density at radius 2 is 2.15 bits per heavy atom. The van der Waals surface area contributed by atoms with Crippen molar-refractivity contribution in [3.63, 3.8) is 0 Å². The first-order valence-corrected chi connectivity index (χ1v) is 8.50. The summed E-state index contributed by atoms with van der Waals surface area (Å²) in [5.41, 5.74) is 3.24. The quantitative estimate of drug-likeness (QED) is 0.782. The number of nitrogens with zero attached hydrogens (tertiary/aromatic N) is 1. The number of benzene rings is 1. The van der Waals surface area contributed by atoms with E-state index in [1.807, 2.05) is 0 Å². The summed E-state index contributed by atoms with van der Waals surface area (Å²) in [7, 11) is 0. The van der Waals surface area contributed by atoms with Gasteiger partial charge in [0.1, 0.15) is 0 Å². The number of halogens is 1. The van der Waals surface area contributed by atoms with E-state index >= 15 is 0 Å². The summed E-state index contributed by atoms with van der Waals surface area (Å²) in [5, 5.41) is 3.45. The summed E-state index contributed by atoms with van der Waals surface area (Å²) in [4.78, 5) is 2.56. The van der Waals surface area contributed by atoms with Crippen LogP contribution in [0.1, 0.15) is 44.7 Å². The molecule has 0 radical (unpaired) electrons. The Kier molecular flexibility index (Phi) is 5.65. The van der Waals surface area contributed by atoms with Gasteiger partial charge in [0, 0.05) is 24.1 Å². The Morgan fingerprint density at radius 1 is 1.35 bits per heavy atom. The van der Waals surface area contributed by atoms with E-state index in [4.69, 9.17) is 0 Å². The molecule has 2 nitrogen and oxygen atoms in total. The minimum atomic E-state index is 0.483. The number of hydrogen-bond donors (Lipinski definition) is 1. The molecule has 0 unspecified atom stereocenters. The van der Waals surface area contributed by atoms with Crippen molar-refractivity contribution in [1.29, 1.82) is 0 Å². The van der Waals surface area contributed by atoms with E-state index in [1.165, 1.54) is 41.5 Å². The molecule has 0 bridgehead atoms. The Morgan fingerprint density at radius 3 is 2.75 bits per heavy atom. The van der Waals surface area contributed by atoms with Crippen LogP contribution >= 0.6 is 15.9 Å². The maximum absolute atomic E-state index is 3.74. The average Bonchev–Trinajstić information content (AvgIpc) is 2.72. The molecular formula is C17H27BrN2. The minimum absolute atomic E-state index is 0.483. The fourth-order valence-electron chi connectivity index (χ4n) is 2.84. The maximum Gasteiger partial charge on any atom is 0.0245 e. The summed E-state index contributed by atoms with van der Waals surface area (Å²) in [5.74, 6) is 0. The zero-order valence-electron chi connectivity index (χ0n) is 13.0. The first kappa shape index (κ1) is 16.0. The highest BCUT2D eigenvalue weighted by molar-refractivity contribution is 9.10. The van der Waals surface area contributed by atoms with Crippen LogP contribution in [0, 0.1) is 5.41 Å². The second-order valence-electron chi connectivity index (χ2n) is 6.73. The molecule has 0 saturated carbocycles. The molecule has 1 aliphatic heterocycles. The van der Waals surface area contributed by atoms with Gasteiger partial charge in [-0.25, -0.2) is 0 Å². The van der Waals surface area contributed by atoms with Gasteiger partial charge in [0.2, 0.25) is 0 Å². The highest BCUT2D eigenvalue weighted by Gasteiger charge is 2.29. The van der Waals surface area contributed by atoms with Crippen molar-refractivity contribution in [2.75, 3.05) is 19.6 Å². The summed E-state index contributed by atoms with van der Waals surface area (Å²) < 4.78 is 1.25.